The third-order valence-electron chi connectivity index (χ3n) is 5.03. The number of carboxylic acids is 1. The van der Waals surface area contributed by atoms with Crippen LogP contribution in [0.5, 0.6) is 0 Å². The molecule has 1 fully saturated rings. The molecule has 1 N–H and O–H groups in total. The van der Waals surface area contributed by atoms with Gasteiger partial charge in [0.15, 0.2) is 11.0 Å². The first-order valence-electron chi connectivity index (χ1n) is 7.54. The molecule has 4 heteroatoms. The van der Waals surface area contributed by atoms with Crippen molar-refractivity contribution in [1.82, 2.24) is 0 Å². The van der Waals surface area contributed by atoms with Gasteiger partial charge in [-0.15, -0.1) is 0 Å². The van der Waals surface area contributed by atoms with Crippen molar-refractivity contribution in [1.29, 1.82) is 0 Å². The number of hydrogen-bond donors (Lipinski definition) is 1. The summed E-state index contributed by atoms with van der Waals surface area (Å²) in [7, 11) is 0. The fraction of sp³-hybridized carbons (Fsp3) is 0.333. The number of carboxylic acid groups (broad SMARTS) is 1. The monoisotopic (exact) mass is 296 g/mol. The van der Waals surface area contributed by atoms with Gasteiger partial charge in [0.2, 0.25) is 0 Å². The predicted molar refractivity (Wildman–Crippen MR) is 82.3 cm³/mol. The van der Waals surface area contributed by atoms with Gasteiger partial charge < -0.3 is 9.52 Å². The summed E-state index contributed by atoms with van der Waals surface area (Å²) in [5.41, 5.74) is 0.744. The van der Waals surface area contributed by atoms with Gasteiger partial charge in [-0.3, -0.25) is 4.79 Å². The van der Waals surface area contributed by atoms with Crippen LogP contribution in [0.25, 0.3) is 11.0 Å². The lowest BCUT2D eigenvalue weighted by atomic mass is 9.88. The minimum absolute atomic E-state index is 0.0505. The van der Waals surface area contributed by atoms with Gasteiger partial charge in [0, 0.05) is 11.5 Å². The lowest BCUT2D eigenvalue weighted by Crippen LogP contribution is -2.15. The van der Waals surface area contributed by atoms with Crippen LogP contribution in [0.1, 0.15) is 40.4 Å². The second kappa shape index (κ2) is 4.57. The molecule has 3 unspecified atom stereocenters. The summed E-state index contributed by atoms with van der Waals surface area (Å²) >= 11 is 0. The van der Waals surface area contributed by atoms with Crippen LogP contribution in [0.15, 0.2) is 39.6 Å². The first-order chi connectivity index (χ1) is 10.6. The molecule has 1 saturated carbocycles. The van der Waals surface area contributed by atoms with E-state index in [9.17, 15) is 14.7 Å². The van der Waals surface area contributed by atoms with Gasteiger partial charge in [0.1, 0.15) is 11.3 Å². The van der Waals surface area contributed by atoms with Crippen LogP contribution in [0.4, 0.5) is 0 Å². The van der Waals surface area contributed by atoms with E-state index in [0.29, 0.717) is 28.5 Å². The smallest absolute Gasteiger partial charge is 0.339 e. The van der Waals surface area contributed by atoms with Crippen molar-refractivity contribution < 1.29 is 14.3 Å². The normalized spacial score (nSPS) is 26.0. The van der Waals surface area contributed by atoms with Crippen LogP contribution in [-0.2, 0) is 0 Å². The Morgan fingerprint density at radius 3 is 2.73 bits per heavy atom. The van der Waals surface area contributed by atoms with Crippen molar-refractivity contribution in [2.75, 3.05) is 0 Å². The average molecular weight is 296 g/mol. The molecule has 4 rings (SSSR count). The predicted octanol–water partition coefficient (Wildman–Crippen LogP) is 3.48. The summed E-state index contributed by atoms with van der Waals surface area (Å²) < 4.78 is 5.99. The molecule has 2 aromatic rings. The zero-order chi connectivity index (χ0) is 15.4. The zero-order valence-electron chi connectivity index (χ0n) is 12.2. The number of hydrogen-bond acceptors (Lipinski definition) is 3. The molecule has 1 heterocycles. The first-order valence-corrected chi connectivity index (χ1v) is 7.54. The van der Waals surface area contributed by atoms with Crippen LogP contribution in [-0.4, -0.2) is 11.1 Å². The fourth-order valence-corrected chi connectivity index (χ4v) is 3.93. The number of allylic oxidation sites excluding steroid dienone is 2. The Labute approximate surface area is 127 Å². The number of benzene rings is 1. The summed E-state index contributed by atoms with van der Waals surface area (Å²) in [5.74, 6) is 0.750. The molecule has 0 radical (unpaired) electrons. The number of rotatable bonds is 2. The molecule has 3 atom stereocenters. The van der Waals surface area contributed by atoms with E-state index >= 15 is 0 Å². The Bertz CT molecular complexity index is 875. The maximum absolute atomic E-state index is 12.6. The summed E-state index contributed by atoms with van der Waals surface area (Å²) in [6.07, 6.45) is 6.52. The topological polar surface area (TPSA) is 67.5 Å². The molecule has 0 amide bonds. The van der Waals surface area contributed by atoms with Crippen LogP contribution in [0, 0.1) is 18.8 Å². The van der Waals surface area contributed by atoms with E-state index in [1.54, 1.807) is 19.1 Å². The van der Waals surface area contributed by atoms with Gasteiger partial charge in [-0.05, 0) is 43.7 Å². The highest BCUT2D eigenvalue weighted by Gasteiger charge is 2.39. The molecule has 1 aromatic carbocycles. The summed E-state index contributed by atoms with van der Waals surface area (Å²) in [4.78, 5) is 24.0. The molecular weight excluding hydrogens is 280 g/mol. The molecule has 2 aliphatic carbocycles. The quantitative estimate of drug-likeness (QED) is 0.861. The molecule has 0 spiro atoms. The molecular formula is C18H16O4. The third kappa shape index (κ3) is 1.76. The van der Waals surface area contributed by atoms with E-state index < -0.39 is 5.97 Å². The molecule has 1 aromatic heterocycles. The van der Waals surface area contributed by atoms with E-state index in [4.69, 9.17) is 4.42 Å². The summed E-state index contributed by atoms with van der Waals surface area (Å²) in [5, 5.41) is 9.68. The molecule has 4 nitrogen and oxygen atoms in total. The molecule has 0 aliphatic heterocycles. The molecule has 112 valence electrons. The van der Waals surface area contributed by atoms with E-state index in [1.165, 1.54) is 6.07 Å². The first kappa shape index (κ1) is 13.3. The van der Waals surface area contributed by atoms with E-state index in [0.717, 1.165) is 12.8 Å². The lowest BCUT2D eigenvalue weighted by Gasteiger charge is -2.19. The number of carbonyl (C=O) groups is 1. The molecule has 2 bridgehead atoms. The van der Waals surface area contributed by atoms with Crippen LogP contribution in [0.2, 0.25) is 0 Å². The highest BCUT2D eigenvalue weighted by molar-refractivity contribution is 6.00. The van der Waals surface area contributed by atoms with E-state index in [2.05, 4.69) is 12.2 Å². The van der Waals surface area contributed by atoms with Crippen molar-refractivity contribution in [3.8, 4) is 0 Å². The Balaban J connectivity index is 1.98. The molecule has 22 heavy (non-hydrogen) atoms. The van der Waals surface area contributed by atoms with Crippen molar-refractivity contribution in [2.24, 2.45) is 11.8 Å². The SMILES string of the molecule is Cc1c(C2CC3C=CC2C3)oc2c(C(=O)O)cccc2c1=O. The second-order valence-electron chi connectivity index (χ2n) is 6.29. The standard InChI is InChI=1S/C18H16O4/c1-9-15(19)12-3-2-4-13(18(20)21)17(12)22-16(9)14-8-10-5-6-11(14)7-10/h2-6,10-11,14H,7-8H2,1H3,(H,20,21). The van der Waals surface area contributed by atoms with Crippen molar-refractivity contribution in [2.45, 2.75) is 25.7 Å². The number of aromatic carboxylic acids is 1. The zero-order valence-corrected chi connectivity index (χ0v) is 12.2. The van der Waals surface area contributed by atoms with Crippen molar-refractivity contribution in [3.05, 3.63) is 57.5 Å². The summed E-state index contributed by atoms with van der Waals surface area (Å²) in [6, 6.07) is 4.70. The maximum Gasteiger partial charge on any atom is 0.339 e. The van der Waals surface area contributed by atoms with Gasteiger partial charge in [-0.25, -0.2) is 4.79 Å². The maximum atomic E-state index is 12.6. The number of fused-ring (bicyclic) bond motifs is 3. The fourth-order valence-electron chi connectivity index (χ4n) is 3.93. The van der Waals surface area contributed by atoms with Gasteiger partial charge in [-0.1, -0.05) is 18.2 Å². The van der Waals surface area contributed by atoms with Gasteiger partial charge >= 0.3 is 5.97 Å². The van der Waals surface area contributed by atoms with Crippen molar-refractivity contribution in [3.63, 3.8) is 0 Å². The highest BCUT2D eigenvalue weighted by atomic mass is 16.4. The number of para-hydroxylation sites is 1. The highest BCUT2D eigenvalue weighted by Crippen LogP contribution is 2.49. The Morgan fingerprint density at radius 2 is 2.09 bits per heavy atom. The van der Waals surface area contributed by atoms with Crippen LogP contribution < -0.4 is 5.43 Å². The molecule has 2 aliphatic rings. The van der Waals surface area contributed by atoms with Crippen LogP contribution >= 0.6 is 0 Å². The lowest BCUT2D eigenvalue weighted by molar-refractivity contribution is 0.0697. The van der Waals surface area contributed by atoms with Crippen molar-refractivity contribution >= 4 is 16.9 Å². The van der Waals surface area contributed by atoms with Gasteiger partial charge in [-0.2, -0.15) is 0 Å². The third-order valence-corrected chi connectivity index (χ3v) is 5.03. The van der Waals surface area contributed by atoms with Crippen LogP contribution in [0.3, 0.4) is 0 Å². The average Bonchev–Trinajstić information content (AvgIpc) is 3.13. The Hall–Kier alpha value is -2.36. The Kier molecular flexibility index (Phi) is 2.76. The van der Waals surface area contributed by atoms with Gasteiger partial charge in [0.05, 0.1) is 5.39 Å². The van der Waals surface area contributed by atoms with E-state index in [1.807, 2.05) is 0 Å². The minimum atomic E-state index is -1.07. The summed E-state index contributed by atoms with van der Waals surface area (Å²) in [6.45, 7) is 1.78. The van der Waals surface area contributed by atoms with Gasteiger partial charge in [0.25, 0.3) is 0 Å². The Morgan fingerprint density at radius 1 is 1.27 bits per heavy atom. The van der Waals surface area contributed by atoms with E-state index in [-0.39, 0.29) is 22.5 Å². The minimum Gasteiger partial charge on any atom is -0.478 e. The molecule has 0 saturated heterocycles. The largest absolute Gasteiger partial charge is 0.478 e. The second-order valence-corrected chi connectivity index (χ2v) is 6.29.